The van der Waals surface area contributed by atoms with Crippen LogP contribution in [0.2, 0.25) is 0 Å². The summed E-state index contributed by atoms with van der Waals surface area (Å²) in [5.74, 6) is -0.178. The van der Waals surface area contributed by atoms with Crippen molar-refractivity contribution < 1.29 is 9.53 Å². The lowest BCUT2D eigenvalue weighted by molar-refractivity contribution is -0.142. The standard InChI is InChI=1S/C11H13BrO2/c1-3-14-11(13)7-9-8(2)5-4-6-10(9)12/h4-6H,3,7H2,1-2H3. The lowest BCUT2D eigenvalue weighted by Gasteiger charge is -2.07. The number of benzene rings is 1. The molecular formula is C11H13BrO2. The molecule has 14 heavy (non-hydrogen) atoms. The van der Waals surface area contributed by atoms with Crippen molar-refractivity contribution in [1.82, 2.24) is 0 Å². The summed E-state index contributed by atoms with van der Waals surface area (Å²) in [5, 5.41) is 0. The second-order valence-electron chi connectivity index (χ2n) is 3.02. The van der Waals surface area contributed by atoms with Crippen LogP contribution in [0.25, 0.3) is 0 Å². The van der Waals surface area contributed by atoms with Crippen molar-refractivity contribution in [3.63, 3.8) is 0 Å². The molecule has 0 N–H and O–H groups in total. The van der Waals surface area contributed by atoms with E-state index in [1.54, 1.807) is 0 Å². The van der Waals surface area contributed by atoms with Crippen molar-refractivity contribution in [3.8, 4) is 0 Å². The Morgan fingerprint density at radius 2 is 2.21 bits per heavy atom. The van der Waals surface area contributed by atoms with Gasteiger partial charge in [-0.25, -0.2) is 0 Å². The molecule has 0 bridgehead atoms. The number of aryl methyl sites for hydroxylation is 1. The zero-order valence-electron chi connectivity index (χ0n) is 8.34. The third-order valence-corrected chi connectivity index (χ3v) is 2.72. The molecular weight excluding hydrogens is 244 g/mol. The van der Waals surface area contributed by atoms with E-state index < -0.39 is 0 Å². The molecule has 0 unspecified atom stereocenters. The Hall–Kier alpha value is -0.830. The minimum absolute atomic E-state index is 0.178. The normalized spacial score (nSPS) is 9.93. The van der Waals surface area contributed by atoms with Gasteiger partial charge in [0.05, 0.1) is 13.0 Å². The number of hydrogen-bond donors (Lipinski definition) is 0. The monoisotopic (exact) mass is 256 g/mol. The average Bonchev–Trinajstić information content (AvgIpc) is 2.12. The fraction of sp³-hybridized carbons (Fsp3) is 0.364. The van der Waals surface area contributed by atoms with Crippen LogP contribution in [0, 0.1) is 6.92 Å². The number of esters is 1. The number of rotatable bonds is 3. The van der Waals surface area contributed by atoms with Crippen LogP contribution in [0.5, 0.6) is 0 Å². The van der Waals surface area contributed by atoms with E-state index in [1.807, 2.05) is 32.0 Å². The number of carbonyl (C=O) groups excluding carboxylic acids is 1. The zero-order valence-corrected chi connectivity index (χ0v) is 9.93. The van der Waals surface area contributed by atoms with Gasteiger partial charge >= 0.3 is 5.97 Å². The molecule has 0 aromatic heterocycles. The highest BCUT2D eigenvalue weighted by Crippen LogP contribution is 2.20. The molecule has 0 atom stereocenters. The van der Waals surface area contributed by atoms with Crippen molar-refractivity contribution in [2.45, 2.75) is 20.3 Å². The zero-order chi connectivity index (χ0) is 10.6. The third-order valence-electron chi connectivity index (χ3n) is 1.98. The maximum atomic E-state index is 11.3. The largest absolute Gasteiger partial charge is 0.466 e. The van der Waals surface area contributed by atoms with Crippen molar-refractivity contribution >= 4 is 21.9 Å². The summed E-state index contributed by atoms with van der Waals surface area (Å²) in [7, 11) is 0. The first-order valence-corrected chi connectivity index (χ1v) is 5.34. The minimum Gasteiger partial charge on any atom is -0.466 e. The quantitative estimate of drug-likeness (QED) is 0.778. The van der Waals surface area contributed by atoms with E-state index >= 15 is 0 Å². The van der Waals surface area contributed by atoms with Crippen LogP contribution < -0.4 is 0 Å². The molecule has 2 nitrogen and oxygen atoms in total. The van der Waals surface area contributed by atoms with Crippen LogP contribution in [0.3, 0.4) is 0 Å². The maximum Gasteiger partial charge on any atom is 0.310 e. The Labute approximate surface area is 92.4 Å². The van der Waals surface area contributed by atoms with Gasteiger partial charge in [-0.15, -0.1) is 0 Å². The van der Waals surface area contributed by atoms with Gasteiger partial charge in [0.2, 0.25) is 0 Å². The highest BCUT2D eigenvalue weighted by atomic mass is 79.9. The third kappa shape index (κ3) is 2.84. The molecule has 0 aliphatic carbocycles. The minimum atomic E-state index is -0.178. The number of halogens is 1. The van der Waals surface area contributed by atoms with Crippen LogP contribution in [-0.4, -0.2) is 12.6 Å². The Bertz CT molecular complexity index is 314. The fourth-order valence-electron chi connectivity index (χ4n) is 1.25. The van der Waals surface area contributed by atoms with E-state index in [9.17, 15) is 4.79 Å². The summed E-state index contributed by atoms with van der Waals surface area (Å²) in [6, 6.07) is 5.87. The lowest BCUT2D eigenvalue weighted by Crippen LogP contribution is -2.08. The van der Waals surface area contributed by atoms with Gasteiger partial charge < -0.3 is 4.74 Å². The molecule has 3 heteroatoms. The Morgan fingerprint density at radius 3 is 2.79 bits per heavy atom. The van der Waals surface area contributed by atoms with Crippen LogP contribution in [0.4, 0.5) is 0 Å². The van der Waals surface area contributed by atoms with E-state index in [1.165, 1.54) is 0 Å². The highest BCUT2D eigenvalue weighted by molar-refractivity contribution is 9.10. The number of hydrogen-bond acceptors (Lipinski definition) is 2. The van der Waals surface area contributed by atoms with Gasteiger partial charge in [0, 0.05) is 4.47 Å². The van der Waals surface area contributed by atoms with Gasteiger partial charge in [-0.05, 0) is 31.0 Å². The summed E-state index contributed by atoms with van der Waals surface area (Å²) < 4.78 is 5.86. The van der Waals surface area contributed by atoms with E-state index in [2.05, 4.69) is 15.9 Å². The van der Waals surface area contributed by atoms with E-state index in [-0.39, 0.29) is 5.97 Å². The molecule has 76 valence electrons. The lowest BCUT2D eigenvalue weighted by atomic mass is 10.1. The Kier molecular flexibility index (Phi) is 4.14. The van der Waals surface area contributed by atoms with Crippen molar-refractivity contribution in [2.24, 2.45) is 0 Å². The molecule has 0 fully saturated rings. The van der Waals surface area contributed by atoms with Crippen molar-refractivity contribution in [3.05, 3.63) is 33.8 Å². The van der Waals surface area contributed by atoms with Gasteiger partial charge in [-0.2, -0.15) is 0 Å². The first-order chi connectivity index (χ1) is 6.65. The fourth-order valence-corrected chi connectivity index (χ4v) is 1.85. The van der Waals surface area contributed by atoms with Gasteiger partial charge in [-0.1, -0.05) is 28.1 Å². The molecule has 1 aromatic carbocycles. The maximum absolute atomic E-state index is 11.3. The first-order valence-electron chi connectivity index (χ1n) is 4.54. The Balaban J connectivity index is 2.80. The molecule has 0 aliphatic heterocycles. The summed E-state index contributed by atoms with van der Waals surface area (Å²) >= 11 is 3.42. The van der Waals surface area contributed by atoms with Crippen LogP contribution in [0.15, 0.2) is 22.7 Å². The molecule has 0 radical (unpaired) electrons. The van der Waals surface area contributed by atoms with Crippen LogP contribution >= 0.6 is 15.9 Å². The summed E-state index contributed by atoms with van der Waals surface area (Å²) in [4.78, 5) is 11.3. The predicted octanol–water partition coefficient (Wildman–Crippen LogP) is 2.86. The molecule has 0 heterocycles. The highest BCUT2D eigenvalue weighted by Gasteiger charge is 2.09. The number of carbonyl (C=O) groups is 1. The van der Waals surface area contributed by atoms with E-state index in [0.717, 1.165) is 15.6 Å². The summed E-state index contributed by atoms with van der Waals surface area (Å²) in [5.41, 5.74) is 2.11. The second-order valence-corrected chi connectivity index (χ2v) is 3.87. The molecule has 0 spiro atoms. The van der Waals surface area contributed by atoms with Gasteiger partial charge in [0.15, 0.2) is 0 Å². The van der Waals surface area contributed by atoms with Gasteiger partial charge in [-0.3, -0.25) is 4.79 Å². The Morgan fingerprint density at radius 1 is 1.50 bits per heavy atom. The average molecular weight is 257 g/mol. The van der Waals surface area contributed by atoms with Crippen molar-refractivity contribution in [1.29, 1.82) is 0 Å². The topological polar surface area (TPSA) is 26.3 Å². The van der Waals surface area contributed by atoms with Crippen molar-refractivity contribution in [2.75, 3.05) is 6.61 Å². The molecule has 0 aliphatic rings. The summed E-state index contributed by atoms with van der Waals surface area (Å²) in [6.45, 7) is 4.23. The number of ether oxygens (including phenoxy) is 1. The molecule has 1 rings (SSSR count). The second kappa shape index (κ2) is 5.15. The SMILES string of the molecule is CCOC(=O)Cc1c(C)cccc1Br. The van der Waals surface area contributed by atoms with Crippen LogP contribution in [-0.2, 0) is 16.0 Å². The summed E-state index contributed by atoms with van der Waals surface area (Å²) in [6.07, 6.45) is 0.334. The van der Waals surface area contributed by atoms with Gasteiger partial charge in [0.25, 0.3) is 0 Å². The van der Waals surface area contributed by atoms with Crippen LogP contribution in [0.1, 0.15) is 18.1 Å². The molecule has 0 saturated heterocycles. The molecule has 0 amide bonds. The van der Waals surface area contributed by atoms with E-state index in [0.29, 0.717) is 13.0 Å². The van der Waals surface area contributed by atoms with E-state index in [4.69, 9.17) is 4.74 Å². The smallest absolute Gasteiger partial charge is 0.310 e. The predicted molar refractivity (Wildman–Crippen MR) is 59.2 cm³/mol. The van der Waals surface area contributed by atoms with Gasteiger partial charge in [0.1, 0.15) is 0 Å². The molecule has 0 saturated carbocycles. The molecule has 1 aromatic rings. The first kappa shape index (κ1) is 11.2.